The smallest absolute Gasteiger partial charge is 0.142 e. The molecule has 0 spiro atoms. The molecule has 2 aliphatic rings. The number of ketones is 1. The van der Waals surface area contributed by atoms with Crippen LogP contribution in [-0.2, 0) is 11.2 Å². The number of carbonyl (C=O) groups is 1. The van der Waals surface area contributed by atoms with Gasteiger partial charge < -0.3 is 0 Å². The maximum atomic E-state index is 15.6. The van der Waals surface area contributed by atoms with Crippen molar-refractivity contribution in [3.8, 4) is 6.07 Å². The minimum absolute atomic E-state index is 0.0872. The molecule has 2 saturated carbocycles. The summed E-state index contributed by atoms with van der Waals surface area (Å²) in [5.74, 6) is 0.311. The largest absolute Gasteiger partial charge is 0.299 e. The van der Waals surface area contributed by atoms with E-state index in [0.29, 0.717) is 24.1 Å². The van der Waals surface area contributed by atoms with E-state index in [9.17, 15) is 9.18 Å². The van der Waals surface area contributed by atoms with Crippen LogP contribution >= 0.6 is 0 Å². The van der Waals surface area contributed by atoms with Crippen LogP contribution in [0.15, 0.2) is 48.8 Å². The zero-order chi connectivity index (χ0) is 22.3. The highest BCUT2D eigenvalue weighted by atomic mass is 19.1. The number of carbonyl (C=O) groups excluding carboxylic acids is 1. The first kappa shape index (κ1) is 20.7. The van der Waals surface area contributed by atoms with E-state index in [1.165, 1.54) is 12.3 Å². The molecule has 0 saturated heterocycles. The molecular weight excluding hydrogens is 408 g/mol. The maximum absolute atomic E-state index is 15.6. The number of rotatable bonds is 5. The van der Waals surface area contributed by atoms with Gasteiger partial charge in [0.15, 0.2) is 0 Å². The van der Waals surface area contributed by atoms with Crippen molar-refractivity contribution in [3.63, 3.8) is 0 Å². The van der Waals surface area contributed by atoms with Crippen LogP contribution in [-0.4, -0.2) is 21.4 Å². The van der Waals surface area contributed by atoms with Crippen LogP contribution in [0.1, 0.15) is 54.8 Å². The van der Waals surface area contributed by atoms with Gasteiger partial charge in [-0.05, 0) is 85.4 Å². The average Bonchev–Trinajstić information content (AvgIpc) is 3.28. The van der Waals surface area contributed by atoms with Crippen LogP contribution in [0.25, 0.3) is 10.9 Å². The summed E-state index contributed by atoms with van der Waals surface area (Å²) in [6, 6.07) is 11.9. The van der Waals surface area contributed by atoms with E-state index in [4.69, 9.17) is 5.26 Å². The van der Waals surface area contributed by atoms with Crippen molar-refractivity contribution in [1.82, 2.24) is 9.97 Å². The van der Waals surface area contributed by atoms with Gasteiger partial charge in [0.2, 0.25) is 0 Å². The first-order valence-electron chi connectivity index (χ1n) is 11.0. The number of benzene rings is 1. The van der Waals surface area contributed by atoms with E-state index in [2.05, 4.69) is 9.97 Å². The molecule has 2 aromatic heterocycles. The van der Waals surface area contributed by atoms with Crippen molar-refractivity contribution in [1.29, 1.82) is 5.26 Å². The summed E-state index contributed by atoms with van der Waals surface area (Å²) in [4.78, 5) is 21.0. The lowest BCUT2D eigenvalue weighted by Gasteiger charge is -2.22. The van der Waals surface area contributed by atoms with Gasteiger partial charge in [0.1, 0.15) is 23.3 Å². The van der Waals surface area contributed by atoms with Gasteiger partial charge in [0.25, 0.3) is 0 Å². The van der Waals surface area contributed by atoms with Gasteiger partial charge in [-0.2, -0.15) is 5.26 Å². The summed E-state index contributed by atoms with van der Waals surface area (Å²) >= 11 is 0. The Hall–Kier alpha value is -3.20. The summed E-state index contributed by atoms with van der Waals surface area (Å²) < 4.78 is 29.4. The number of Topliss-reactive ketones (excluding diaryl/α,β-unsaturated/α-hetero) is 1. The third kappa shape index (κ3) is 4.00. The molecule has 2 unspecified atom stereocenters. The average molecular weight is 431 g/mol. The van der Waals surface area contributed by atoms with Crippen molar-refractivity contribution in [2.24, 2.45) is 11.8 Å². The highest BCUT2D eigenvalue weighted by Crippen LogP contribution is 2.56. The lowest BCUT2D eigenvalue weighted by Crippen LogP contribution is -2.25. The van der Waals surface area contributed by atoms with E-state index in [1.807, 2.05) is 12.1 Å². The van der Waals surface area contributed by atoms with Crippen LogP contribution in [0.5, 0.6) is 0 Å². The van der Waals surface area contributed by atoms with Gasteiger partial charge in [-0.1, -0.05) is 0 Å². The van der Waals surface area contributed by atoms with Gasteiger partial charge in [0, 0.05) is 36.3 Å². The molecule has 0 amide bonds. The van der Waals surface area contributed by atoms with E-state index < -0.39 is 5.67 Å². The fraction of sp³-hybridized carbons (Fsp3) is 0.385. The van der Waals surface area contributed by atoms with Gasteiger partial charge in [-0.15, -0.1) is 0 Å². The Labute approximate surface area is 185 Å². The quantitative estimate of drug-likeness (QED) is 0.538. The number of fused-ring (bicyclic) bond motifs is 2. The van der Waals surface area contributed by atoms with Crippen molar-refractivity contribution in [2.45, 2.75) is 50.1 Å². The molecule has 1 aromatic carbocycles. The predicted molar refractivity (Wildman–Crippen MR) is 116 cm³/mol. The maximum Gasteiger partial charge on any atom is 0.142 e. The molecule has 0 bridgehead atoms. The van der Waals surface area contributed by atoms with Crippen molar-refractivity contribution in [2.75, 3.05) is 0 Å². The van der Waals surface area contributed by atoms with E-state index in [1.54, 1.807) is 30.5 Å². The molecule has 4 atom stereocenters. The van der Waals surface area contributed by atoms with E-state index in [0.717, 1.165) is 29.3 Å². The molecule has 0 N–H and O–H groups in total. The van der Waals surface area contributed by atoms with Gasteiger partial charge in [0.05, 0.1) is 11.1 Å². The summed E-state index contributed by atoms with van der Waals surface area (Å²) in [7, 11) is 0. The summed E-state index contributed by atoms with van der Waals surface area (Å²) in [6.45, 7) is 0. The summed E-state index contributed by atoms with van der Waals surface area (Å²) in [5, 5.41) is 9.68. The molecule has 6 heteroatoms. The highest BCUT2D eigenvalue weighted by molar-refractivity contribution is 5.83. The second-order valence-corrected chi connectivity index (χ2v) is 9.35. The molecule has 32 heavy (non-hydrogen) atoms. The zero-order valence-corrected chi connectivity index (χ0v) is 17.6. The monoisotopic (exact) mass is 431 g/mol. The lowest BCUT2D eigenvalue weighted by molar-refractivity contribution is -0.121. The molecule has 0 radical (unpaired) electrons. The Balaban J connectivity index is 1.24. The predicted octanol–water partition coefficient (Wildman–Crippen LogP) is 5.45. The minimum atomic E-state index is -1.46. The second kappa shape index (κ2) is 8.05. The van der Waals surface area contributed by atoms with Crippen LogP contribution < -0.4 is 0 Å². The van der Waals surface area contributed by atoms with Crippen molar-refractivity contribution < 1.29 is 13.6 Å². The highest BCUT2D eigenvalue weighted by Gasteiger charge is 2.50. The molecule has 4 nitrogen and oxygen atoms in total. The third-order valence-electron chi connectivity index (χ3n) is 7.12. The molecule has 5 rings (SSSR count). The molecule has 2 aliphatic carbocycles. The first-order valence-corrected chi connectivity index (χ1v) is 11.0. The second-order valence-electron chi connectivity index (χ2n) is 9.35. The number of nitriles is 1. The summed E-state index contributed by atoms with van der Waals surface area (Å²) in [5.41, 5.74) is 1.41. The van der Waals surface area contributed by atoms with Crippen LogP contribution in [0.2, 0.25) is 0 Å². The Kier molecular flexibility index (Phi) is 5.21. The zero-order valence-electron chi connectivity index (χ0n) is 17.6. The molecule has 2 fully saturated rings. The fourth-order valence-corrected chi connectivity index (χ4v) is 5.84. The number of alkyl halides is 1. The van der Waals surface area contributed by atoms with Gasteiger partial charge in [-0.3, -0.25) is 14.8 Å². The number of pyridine rings is 2. The van der Waals surface area contributed by atoms with Gasteiger partial charge >= 0.3 is 0 Å². The molecule has 3 aromatic rings. The first-order chi connectivity index (χ1) is 15.4. The Morgan fingerprint density at radius 3 is 2.59 bits per heavy atom. The topological polar surface area (TPSA) is 66.6 Å². The third-order valence-corrected chi connectivity index (χ3v) is 7.12. The number of hydrogen-bond acceptors (Lipinski definition) is 4. The van der Waals surface area contributed by atoms with E-state index >= 15 is 4.39 Å². The Morgan fingerprint density at radius 1 is 1.12 bits per heavy atom. The SMILES string of the molecule is N#Cc1ccc(CC(=O)CC2(F)C[C@H]3CC(c4ccnc5ccc(F)cc45)C[C@H]3C2)nc1. The number of halogens is 2. The normalized spacial score (nSPS) is 26.7. The van der Waals surface area contributed by atoms with Crippen molar-refractivity contribution in [3.05, 3.63) is 71.4 Å². The number of nitrogens with zero attached hydrogens (tertiary/aromatic N) is 3. The van der Waals surface area contributed by atoms with Crippen molar-refractivity contribution >= 4 is 16.7 Å². The fourth-order valence-electron chi connectivity index (χ4n) is 5.84. The number of hydrogen-bond donors (Lipinski definition) is 0. The molecule has 2 heterocycles. The van der Waals surface area contributed by atoms with Crippen LogP contribution in [0.4, 0.5) is 8.78 Å². The van der Waals surface area contributed by atoms with E-state index in [-0.39, 0.29) is 42.2 Å². The Bertz CT molecular complexity index is 1200. The minimum Gasteiger partial charge on any atom is -0.299 e. The summed E-state index contributed by atoms with van der Waals surface area (Å²) in [6.07, 6.45) is 5.71. The van der Waals surface area contributed by atoms with Crippen LogP contribution in [0, 0.1) is 29.0 Å². The molecule has 0 aliphatic heterocycles. The molecule has 162 valence electrons. The Morgan fingerprint density at radius 2 is 1.91 bits per heavy atom. The molecular formula is C26H23F2N3O. The standard InChI is InChI=1S/C26H23F2N3O/c27-20-2-4-25-24(9-20)23(5-6-30-25)17-7-18-11-26(28,12-19(18)8-17)13-22(32)10-21-3-1-16(14-29)15-31-21/h1-6,9,15,17-19H,7-8,10-13H2/t17?,18-,19+,26?. The van der Waals surface area contributed by atoms with Crippen LogP contribution in [0.3, 0.4) is 0 Å². The van der Waals surface area contributed by atoms with Gasteiger partial charge in [-0.25, -0.2) is 8.78 Å². The lowest BCUT2D eigenvalue weighted by atomic mass is 9.87. The number of aromatic nitrogens is 2.